The normalized spacial score (nSPS) is 21.9. The molecule has 0 atom stereocenters. The molecule has 1 rings (SSSR count). The number of hydrogen-bond acceptors (Lipinski definition) is 4. The standard InChI is InChI=1S/C7H12O5S2/c8-13(9)4-1-7(2-5-13)3-6-14(10,11)12/h3H,1-2,4-6H2,(H,10,11,12). The fraction of sp³-hybridized carbons (Fsp3) is 0.714. The van der Waals surface area contributed by atoms with Crippen molar-refractivity contribution in [2.24, 2.45) is 0 Å². The zero-order valence-corrected chi connectivity index (χ0v) is 9.14. The van der Waals surface area contributed by atoms with E-state index in [-0.39, 0.29) is 11.5 Å². The van der Waals surface area contributed by atoms with E-state index in [0.29, 0.717) is 12.8 Å². The fourth-order valence-electron chi connectivity index (χ4n) is 1.23. The van der Waals surface area contributed by atoms with Gasteiger partial charge in [0.25, 0.3) is 10.1 Å². The van der Waals surface area contributed by atoms with Crippen molar-refractivity contribution >= 4 is 20.0 Å². The van der Waals surface area contributed by atoms with Gasteiger partial charge in [-0.25, -0.2) is 8.42 Å². The Morgan fingerprint density at radius 1 is 1.29 bits per heavy atom. The van der Waals surface area contributed by atoms with Crippen LogP contribution in [0.25, 0.3) is 0 Å². The average Bonchev–Trinajstić information content (AvgIpc) is 2.01. The molecule has 0 unspecified atom stereocenters. The van der Waals surface area contributed by atoms with E-state index < -0.39 is 25.7 Å². The van der Waals surface area contributed by atoms with Gasteiger partial charge in [-0.2, -0.15) is 8.42 Å². The van der Waals surface area contributed by atoms with E-state index in [1.807, 2.05) is 0 Å². The first kappa shape index (κ1) is 11.7. The van der Waals surface area contributed by atoms with Crippen molar-refractivity contribution in [3.8, 4) is 0 Å². The summed E-state index contributed by atoms with van der Waals surface area (Å²) < 4.78 is 51.3. The molecule has 0 aromatic rings. The van der Waals surface area contributed by atoms with Crippen LogP contribution in [0.1, 0.15) is 12.8 Å². The van der Waals surface area contributed by atoms with Crippen molar-refractivity contribution in [3.63, 3.8) is 0 Å². The van der Waals surface area contributed by atoms with Crippen LogP contribution in [0, 0.1) is 0 Å². The Balaban J connectivity index is 2.59. The molecule has 1 aliphatic heterocycles. The van der Waals surface area contributed by atoms with Crippen LogP contribution in [0.3, 0.4) is 0 Å². The van der Waals surface area contributed by atoms with Crippen LogP contribution in [-0.2, 0) is 20.0 Å². The molecule has 1 saturated heterocycles. The summed E-state index contributed by atoms with van der Waals surface area (Å²) in [5, 5.41) is 0. The van der Waals surface area contributed by atoms with E-state index in [4.69, 9.17) is 4.55 Å². The topological polar surface area (TPSA) is 88.5 Å². The first-order valence-electron chi connectivity index (χ1n) is 4.12. The molecule has 1 fully saturated rings. The molecule has 1 aliphatic rings. The van der Waals surface area contributed by atoms with E-state index in [0.717, 1.165) is 5.57 Å². The van der Waals surface area contributed by atoms with Crippen molar-refractivity contribution in [2.45, 2.75) is 12.8 Å². The van der Waals surface area contributed by atoms with Gasteiger partial charge in [-0.15, -0.1) is 0 Å². The van der Waals surface area contributed by atoms with E-state index in [2.05, 4.69) is 0 Å². The number of rotatable bonds is 2. The maximum Gasteiger partial charge on any atom is 0.268 e. The Labute approximate surface area is 83.5 Å². The van der Waals surface area contributed by atoms with Gasteiger partial charge in [0.05, 0.1) is 17.3 Å². The summed E-state index contributed by atoms with van der Waals surface area (Å²) in [5.41, 5.74) is 0.789. The van der Waals surface area contributed by atoms with Gasteiger partial charge < -0.3 is 0 Å². The summed E-state index contributed by atoms with van der Waals surface area (Å²) in [5.74, 6) is -0.281. The number of sulfone groups is 1. The Bertz CT molecular complexity index is 413. The Kier molecular flexibility index (Phi) is 3.33. The average molecular weight is 240 g/mol. The first-order chi connectivity index (χ1) is 6.29. The minimum Gasteiger partial charge on any atom is -0.285 e. The second-order valence-electron chi connectivity index (χ2n) is 3.26. The largest absolute Gasteiger partial charge is 0.285 e. The summed E-state index contributed by atoms with van der Waals surface area (Å²) >= 11 is 0. The van der Waals surface area contributed by atoms with Crippen molar-refractivity contribution in [1.82, 2.24) is 0 Å². The molecule has 14 heavy (non-hydrogen) atoms. The van der Waals surface area contributed by atoms with Gasteiger partial charge in [0, 0.05) is 0 Å². The molecule has 0 radical (unpaired) electrons. The highest BCUT2D eigenvalue weighted by Gasteiger charge is 2.18. The first-order valence-corrected chi connectivity index (χ1v) is 7.55. The van der Waals surface area contributed by atoms with Crippen LogP contribution in [0.15, 0.2) is 11.6 Å². The zero-order valence-electron chi connectivity index (χ0n) is 7.51. The Morgan fingerprint density at radius 3 is 2.21 bits per heavy atom. The molecule has 1 N–H and O–H groups in total. The lowest BCUT2D eigenvalue weighted by molar-refractivity contribution is 0.486. The lowest BCUT2D eigenvalue weighted by Gasteiger charge is -2.14. The van der Waals surface area contributed by atoms with Gasteiger partial charge >= 0.3 is 0 Å². The van der Waals surface area contributed by atoms with Crippen molar-refractivity contribution < 1.29 is 21.4 Å². The van der Waals surface area contributed by atoms with Gasteiger partial charge in [-0.3, -0.25) is 4.55 Å². The van der Waals surface area contributed by atoms with E-state index in [1.165, 1.54) is 6.08 Å². The van der Waals surface area contributed by atoms with E-state index in [9.17, 15) is 16.8 Å². The summed E-state index contributed by atoms with van der Waals surface area (Å²) in [6, 6.07) is 0. The summed E-state index contributed by atoms with van der Waals surface area (Å²) in [6.07, 6.45) is 2.14. The monoisotopic (exact) mass is 240 g/mol. The maximum absolute atomic E-state index is 11.0. The van der Waals surface area contributed by atoms with Gasteiger partial charge in [0.15, 0.2) is 9.84 Å². The van der Waals surface area contributed by atoms with Crippen LogP contribution in [0.5, 0.6) is 0 Å². The van der Waals surface area contributed by atoms with Crippen LogP contribution in [0.2, 0.25) is 0 Å². The Hall–Kier alpha value is -0.400. The molecule has 0 bridgehead atoms. The predicted molar refractivity (Wildman–Crippen MR) is 52.4 cm³/mol. The minimum absolute atomic E-state index is 0.0737. The molecule has 1 heterocycles. The molecule has 0 spiro atoms. The number of hydrogen-bond donors (Lipinski definition) is 1. The molecule has 0 amide bonds. The molecule has 0 saturated carbocycles. The minimum atomic E-state index is -3.98. The van der Waals surface area contributed by atoms with Crippen molar-refractivity contribution in [2.75, 3.05) is 17.3 Å². The highest BCUT2D eigenvalue weighted by Crippen LogP contribution is 2.17. The quantitative estimate of drug-likeness (QED) is 0.542. The highest BCUT2D eigenvalue weighted by molar-refractivity contribution is 7.91. The third-order valence-corrected chi connectivity index (χ3v) is 4.29. The lowest BCUT2D eigenvalue weighted by atomic mass is 10.1. The molecule has 0 aliphatic carbocycles. The van der Waals surface area contributed by atoms with E-state index in [1.54, 1.807) is 0 Å². The Morgan fingerprint density at radius 2 is 1.79 bits per heavy atom. The lowest BCUT2D eigenvalue weighted by Crippen LogP contribution is -2.18. The van der Waals surface area contributed by atoms with Crippen molar-refractivity contribution in [1.29, 1.82) is 0 Å². The predicted octanol–water partition coefficient (Wildman–Crippen LogP) is 0.00920. The van der Waals surface area contributed by atoms with Gasteiger partial charge in [0.2, 0.25) is 0 Å². The number of allylic oxidation sites excluding steroid dienone is 1. The highest BCUT2D eigenvalue weighted by atomic mass is 32.2. The van der Waals surface area contributed by atoms with Gasteiger partial charge in [0.1, 0.15) is 0 Å². The molecule has 0 aromatic heterocycles. The maximum atomic E-state index is 11.0. The van der Waals surface area contributed by atoms with Crippen LogP contribution >= 0.6 is 0 Å². The molecule has 7 heteroatoms. The van der Waals surface area contributed by atoms with Gasteiger partial charge in [-0.1, -0.05) is 11.6 Å². The van der Waals surface area contributed by atoms with Crippen LogP contribution in [-0.4, -0.2) is 38.6 Å². The van der Waals surface area contributed by atoms with Crippen molar-refractivity contribution in [3.05, 3.63) is 11.6 Å². The summed E-state index contributed by atoms with van der Waals surface area (Å²) in [6.45, 7) is 0. The summed E-state index contributed by atoms with van der Waals surface area (Å²) in [7, 11) is -6.90. The van der Waals surface area contributed by atoms with Gasteiger partial charge in [-0.05, 0) is 12.8 Å². The second kappa shape index (κ2) is 4.00. The molecule has 0 aromatic carbocycles. The third-order valence-electron chi connectivity index (χ3n) is 2.05. The molecular weight excluding hydrogens is 228 g/mol. The SMILES string of the molecule is O=S(=O)(O)CC=C1CCS(=O)(=O)CC1. The third kappa shape index (κ3) is 4.21. The molecular formula is C7H12O5S2. The van der Waals surface area contributed by atoms with E-state index >= 15 is 0 Å². The zero-order chi connectivity index (χ0) is 10.8. The summed E-state index contributed by atoms with van der Waals surface area (Å²) in [4.78, 5) is 0. The molecule has 5 nitrogen and oxygen atoms in total. The van der Waals surface area contributed by atoms with Crippen LogP contribution < -0.4 is 0 Å². The fourth-order valence-corrected chi connectivity index (χ4v) is 3.02. The molecule has 82 valence electrons. The van der Waals surface area contributed by atoms with Crippen LogP contribution in [0.4, 0.5) is 0 Å². The smallest absolute Gasteiger partial charge is 0.268 e. The second-order valence-corrected chi connectivity index (χ2v) is 7.06.